The Kier molecular flexibility index (Phi) is 5.50. The van der Waals surface area contributed by atoms with Gasteiger partial charge in [0.1, 0.15) is 25.1 Å². The Balaban J connectivity index is 1.48. The highest BCUT2D eigenvalue weighted by Gasteiger charge is 2.25. The second-order valence-corrected chi connectivity index (χ2v) is 6.24. The van der Waals surface area contributed by atoms with Crippen LogP contribution in [0.2, 0.25) is 0 Å². The third-order valence-corrected chi connectivity index (χ3v) is 4.50. The van der Waals surface area contributed by atoms with E-state index in [0.717, 1.165) is 11.1 Å². The molecular formula is C18H17BrO5. The van der Waals surface area contributed by atoms with Crippen LogP contribution in [0.25, 0.3) is 0 Å². The Morgan fingerprint density at radius 2 is 1.96 bits per heavy atom. The molecule has 3 rings (SSSR count). The molecule has 126 valence electrons. The summed E-state index contributed by atoms with van der Waals surface area (Å²) in [4.78, 5) is 11.5. The highest BCUT2D eigenvalue weighted by atomic mass is 79.9. The minimum Gasteiger partial charge on any atom is -0.490 e. The summed E-state index contributed by atoms with van der Waals surface area (Å²) in [6, 6.07) is 13.1. The highest BCUT2D eigenvalue weighted by molar-refractivity contribution is 9.10. The summed E-state index contributed by atoms with van der Waals surface area (Å²) in [5.74, 6) is 0.237. The molecule has 0 saturated carbocycles. The van der Waals surface area contributed by atoms with Crippen LogP contribution in [0.3, 0.4) is 0 Å². The van der Waals surface area contributed by atoms with Crippen molar-refractivity contribution in [2.45, 2.75) is 19.3 Å². The number of carbonyl (C=O) groups is 1. The van der Waals surface area contributed by atoms with Crippen molar-refractivity contribution < 1.29 is 24.1 Å². The Morgan fingerprint density at radius 1 is 1.17 bits per heavy atom. The fraction of sp³-hybridized carbons (Fsp3) is 0.278. The third kappa shape index (κ3) is 3.95. The number of benzene rings is 2. The van der Waals surface area contributed by atoms with Gasteiger partial charge in [-0.15, -0.1) is 0 Å². The van der Waals surface area contributed by atoms with Crippen LogP contribution in [-0.2, 0) is 22.7 Å². The van der Waals surface area contributed by atoms with E-state index in [1.54, 1.807) is 12.1 Å². The predicted molar refractivity (Wildman–Crippen MR) is 90.9 cm³/mol. The van der Waals surface area contributed by atoms with Crippen LogP contribution in [0.1, 0.15) is 21.5 Å². The van der Waals surface area contributed by atoms with Gasteiger partial charge in [-0.05, 0) is 33.6 Å². The maximum atomic E-state index is 11.5. The van der Waals surface area contributed by atoms with Gasteiger partial charge in [-0.25, -0.2) is 4.79 Å². The van der Waals surface area contributed by atoms with Crippen molar-refractivity contribution in [2.75, 3.05) is 13.2 Å². The van der Waals surface area contributed by atoms with Gasteiger partial charge in [0.2, 0.25) is 0 Å². The summed E-state index contributed by atoms with van der Waals surface area (Å²) >= 11 is 3.42. The number of cyclic esters (lactones) is 1. The molecule has 0 saturated heterocycles. The molecule has 1 aliphatic heterocycles. The van der Waals surface area contributed by atoms with Crippen LogP contribution in [-0.4, -0.2) is 30.4 Å². The van der Waals surface area contributed by atoms with Gasteiger partial charge in [0.05, 0.1) is 23.2 Å². The Hall–Kier alpha value is -1.89. The topological polar surface area (TPSA) is 65.0 Å². The molecule has 5 nitrogen and oxygen atoms in total. The van der Waals surface area contributed by atoms with Crippen LogP contribution >= 0.6 is 15.9 Å². The predicted octanol–water partition coefficient (Wildman–Crippen LogP) is 3.08. The molecule has 2 aromatic rings. The van der Waals surface area contributed by atoms with Crippen LogP contribution in [0, 0.1) is 0 Å². The lowest BCUT2D eigenvalue weighted by Crippen LogP contribution is -2.23. The molecule has 0 unspecified atom stereocenters. The van der Waals surface area contributed by atoms with Gasteiger partial charge in [0.15, 0.2) is 0 Å². The van der Waals surface area contributed by atoms with Gasteiger partial charge in [-0.3, -0.25) is 0 Å². The molecule has 24 heavy (non-hydrogen) atoms. The molecule has 1 heterocycles. The summed E-state index contributed by atoms with van der Waals surface area (Å²) in [5.41, 5.74) is 2.37. The van der Waals surface area contributed by atoms with E-state index >= 15 is 0 Å². The Morgan fingerprint density at radius 3 is 2.75 bits per heavy atom. The minimum atomic E-state index is -0.744. The molecule has 0 spiro atoms. The number of esters is 1. The number of carbonyl (C=O) groups excluding carboxylic acids is 1. The van der Waals surface area contributed by atoms with Gasteiger partial charge in [-0.1, -0.05) is 30.3 Å². The molecule has 2 aromatic carbocycles. The van der Waals surface area contributed by atoms with E-state index < -0.39 is 6.10 Å². The molecule has 0 radical (unpaired) electrons. The number of rotatable bonds is 7. The van der Waals surface area contributed by atoms with Crippen molar-refractivity contribution in [1.29, 1.82) is 0 Å². The van der Waals surface area contributed by atoms with E-state index in [9.17, 15) is 9.90 Å². The molecule has 0 aromatic heterocycles. The molecule has 1 aliphatic rings. The summed E-state index contributed by atoms with van der Waals surface area (Å²) in [6.07, 6.45) is -0.744. The van der Waals surface area contributed by atoms with Crippen LogP contribution < -0.4 is 4.74 Å². The lowest BCUT2D eigenvalue weighted by atomic mass is 10.1. The van der Waals surface area contributed by atoms with Crippen LogP contribution in [0.15, 0.2) is 46.9 Å². The first-order valence-electron chi connectivity index (χ1n) is 7.56. The highest BCUT2D eigenvalue weighted by Crippen LogP contribution is 2.35. The molecular weight excluding hydrogens is 376 g/mol. The molecule has 0 aliphatic carbocycles. The van der Waals surface area contributed by atoms with Crippen molar-refractivity contribution >= 4 is 21.9 Å². The second kappa shape index (κ2) is 7.79. The summed E-state index contributed by atoms with van der Waals surface area (Å²) in [6.45, 7) is 0.953. The third-order valence-electron chi connectivity index (χ3n) is 3.63. The van der Waals surface area contributed by atoms with E-state index in [2.05, 4.69) is 15.9 Å². The Bertz CT molecular complexity index is 717. The molecule has 1 N–H and O–H groups in total. The zero-order chi connectivity index (χ0) is 16.9. The van der Waals surface area contributed by atoms with E-state index in [1.807, 2.05) is 30.3 Å². The first kappa shape index (κ1) is 17.0. The number of fused-ring (bicyclic) bond motifs is 1. The quantitative estimate of drug-likeness (QED) is 0.733. The molecule has 0 fully saturated rings. The number of aliphatic hydroxyl groups is 1. The first-order valence-corrected chi connectivity index (χ1v) is 8.35. The maximum absolute atomic E-state index is 11.5. The minimum absolute atomic E-state index is 0.0982. The SMILES string of the molecule is O=C1OCc2c1ccc(OC[C@H](O)COCc1ccccc1)c2Br. The van der Waals surface area contributed by atoms with Crippen molar-refractivity contribution in [1.82, 2.24) is 0 Å². The fourth-order valence-corrected chi connectivity index (χ4v) is 2.95. The van der Waals surface area contributed by atoms with Gasteiger partial charge in [0.25, 0.3) is 0 Å². The molecule has 6 heteroatoms. The lowest BCUT2D eigenvalue weighted by molar-refractivity contribution is 0.00534. The van der Waals surface area contributed by atoms with Crippen LogP contribution in [0.4, 0.5) is 0 Å². The van der Waals surface area contributed by atoms with E-state index in [-0.39, 0.29) is 25.8 Å². The van der Waals surface area contributed by atoms with Gasteiger partial charge >= 0.3 is 5.97 Å². The average molecular weight is 393 g/mol. The number of hydrogen-bond acceptors (Lipinski definition) is 5. The number of aliphatic hydroxyl groups excluding tert-OH is 1. The first-order chi connectivity index (χ1) is 11.6. The zero-order valence-corrected chi connectivity index (χ0v) is 14.5. The summed E-state index contributed by atoms with van der Waals surface area (Å²) in [7, 11) is 0. The van der Waals surface area contributed by atoms with Crippen molar-refractivity contribution in [3.05, 3.63) is 63.6 Å². The number of hydrogen-bond donors (Lipinski definition) is 1. The second-order valence-electron chi connectivity index (χ2n) is 5.45. The zero-order valence-electron chi connectivity index (χ0n) is 12.9. The van der Waals surface area contributed by atoms with E-state index in [1.165, 1.54) is 0 Å². The fourth-order valence-electron chi connectivity index (χ4n) is 2.38. The van der Waals surface area contributed by atoms with Crippen molar-refractivity contribution in [3.8, 4) is 5.75 Å². The van der Waals surface area contributed by atoms with E-state index in [0.29, 0.717) is 22.4 Å². The standard InChI is InChI=1S/C18H17BrO5/c19-17-15-11-24-18(21)14(15)6-7-16(17)23-10-13(20)9-22-8-12-4-2-1-3-5-12/h1-7,13,20H,8-11H2/t13-/m1/s1. The maximum Gasteiger partial charge on any atom is 0.338 e. The van der Waals surface area contributed by atoms with Gasteiger partial charge in [0, 0.05) is 5.56 Å². The summed E-state index contributed by atoms with van der Waals surface area (Å²) < 4.78 is 16.8. The number of ether oxygens (including phenoxy) is 3. The normalized spacial score (nSPS) is 14.2. The van der Waals surface area contributed by atoms with Crippen LogP contribution in [0.5, 0.6) is 5.75 Å². The van der Waals surface area contributed by atoms with Gasteiger partial charge < -0.3 is 19.3 Å². The monoisotopic (exact) mass is 392 g/mol. The largest absolute Gasteiger partial charge is 0.490 e. The Labute approximate surface area is 148 Å². The number of halogens is 1. The van der Waals surface area contributed by atoms with E-state index in [4.69, 9.17) is 14.2 Å². The molecule has 0 amide bonds. The lowest BCUT2D eigenvalue weighted by Gasteiger charge is -2.14. The average Bonchev–Trinajstić information content (AvgIpc) is 2.97. The van der Waals surface area contributed by atoms with Crippen molar-refractivity contribution in [3.63, 3.8) is 0 Å². The molecule has 1 atom stereocenters. The summed E-state index contributed by atoms with van der Waals surface area (Å²) in [5, 5.41) is 9.97. The van der Waals surface area contributed by atoms with Crippen molar-refractivity contribution in [2.24, 2.45) is 0 Å². The van der Waals surface area contributed by atoms with Gasteiger partial charge in [-0.2, -0.15) is 0 Å². The molecule has 0 bridgehead atoms. The smallest absolute Gasteiger partial charge is 0.338 e.